The van der Waals surface area contributed by atoms with Crippen molar-refractivity contribution in [3.63, 3.8) is 0 Å². The molecular formula is C22H21NO. The lowest BCUT2D eigenvalue weighted by atomic mass is 10.00. The molecule has 0 unspecified atom stereocenters. The minimum atomic E-state index is -0.0859. The Morgan fingerprint density at radius 1 is 1.00 bits per heavy atom. The summed E-state index contributed by atoms with van der Waals surface area (Å²) >= 11 is 0. The van der Waals surface area contributed by atoms with E-state index in [1.54, 1.807) is 0 Å². The van der Waals surface area contributed by atoms with Crippen molar-refractivity contribution in [2.24, 2.45) is 0 Å². The van der Waals surface area contributed by atoms with Gasteiger partial charge in [-0.2, -0.15) is 0 Å². The number of carbonyl (C=O) groups is 1. The summed E-state index contributed by atoms with van der Waals surface area (Å²) in [4.78, 5) is 12.5. The van der Waals surface area contributed by atoms with Crippen molar-refractivity contribution in [1.82, 2.24) is 0 Å². The number of hydrogen-bond acceptors (Lipinski definition) is 1. The molecule has 120 valence electrons. The number of nitrogens with one attached hydrogen (secondary N) is 1. The minimum absolute atomic E-state index is 0.0859. The minimum Gasteiger partial charge on any atom is -0.322 e. The van der Waals surface area contributed by atoms with E-state index in [4.69, 9.17) is 0 Å². The van der Waals surface area contributed by atoms with Gasteiger partial charge in [0.05, 0.1) is 0 Å². The lowest BCUT2D eigenvalue weighted by molar-refractivity contribution is 0.102. The number of amides is 1. The average molecular weight is 315 g/mol. The average Bonchev–Trinajstić information content (AvgIpc) is 2.82. The lowest BCUT2D eigenvalue weighted by Crippen LogP contribution is -2.12. The third-order valence-electron chi connectivity index (χ3n) is 4.07. The Kier molecular flexibility index (Phi) is 4.76. The third kappa shape index (κ3) is 3.90. The molecule has 1 N–H and O–H groups in total. The molecule has 0 radical (unpaired) electrons. The fourth-order valence-electron chi connectivity index (χ4n) is 2.64. The van der Waals surface area contributed by atoms with E-state index < -0.39 is 0 Å². The van der Waals surface area contributed by atoms with Crippen molar-refractivity contribution in [1.29, 1.82) is 0 Å². The second-order valence-electron chi connectivity index (χ2n) is 6.11. The molecule has 0 saturated carbocycles. The van der Waals surface area contributed by atoms with Crippen LogP contribution in [0.3, 0.4) is 0 Å². The van der Waals surface area contributed by atoms with Crippen molar-refractivity contribution in [3.05, 3.63) is 95.1 Å². The maximum Gasteiger partial charge on any atom is 0.255 e. The van der Waals surface area contributed by atoms with Gasteiger partial charge in [0.2, 0.25) is 0 Å². The largest absolute Gasteiger partial charge is 0.322 e. The molecule has 3 rings (SSSR count). The van der Waals surface area contributed by atoms with Gasteiger partial charge in [-0.05, 0) is 55.7 Å². The number of hydrogen-bond donors (Lipinski definition) is 1. The van der Waals surface area contributed by atoms with E-state index in [2.05, 4.69) is 42.6 Å². The van der Waals surface area contributed by atoms with E-state index in [1.807, 2.05) is 49.4 Å². The quantitative estimate of drug-likeness (QED) is 0.792. The highest BCUT2D eigenvalue weighted by Crippen LogP contribution is 2.23. The number of rotatable bonds is 3. The summed E-state index contributed by atoms with van der Waals surface area (Å²) in [7, 11) is 0. The van der Waals surface area contributed by atoms with Crippen LogP contribution in [0.1, 0.15) is 34.8 Å². The van der Waals surface area contributed by atoms with Crippen LogP contribution in [-0.4, -0.2) is 5.91 Å². The van der Waals surface area contributed by atoms with Crippen molar-refractivity contribution in [2.45, 2.75) is 20.3 Å². The molecule has 1 aliphatic rings. The number of benzene rings is 2. The Morgan fingerprint density at radius 3 is 2.58 bits per heavy atom. The summed E-state index contributed by atoms with van der Waals surface area (Å²) in [5, 5.41) is 2.95. The van der Waals surface area contributed by atoms with Gasteiger partial charge in [0.15, 0.2) is 0 Å². The first kappa shape index (κ1) is 16.0. The van der Waals surface area contributed by atoms with Crippen LogP contribution in [-0.2, 0) is 0 Å². The fraction of sp³-hybridized carbons (Fsp3) is 0.136. The van der Waals surface area contributed by atoms with Gasteiger partial charge in [-0.3, -0.25) is 4.79 Å². The topological polar surface area (TPSA) is 29.1 Å². The number of anilines is 1. The highest BCUT2D eigenvalue weighted by atomic mass is 16.1. The first-order valence-corrected chi connectivity index (χ1v) is 8.14. The summed E-state index contributed by atoms with van der Waals surface area (Å²) in [6, 6.07) is 15.6. The van der Waals surface area contributed by atoms with Crippen LogP contribution in [0.4, 0.5) is 5.69 Å². The van der Waals surface area contributed by atoms with Gasteiger partial charge in [0.25, 0.3) is 5.91 Å². The summed E-state index contributed by atoms with van der Waals surface area (Å²) in [6.07, 6.45) is 9.39. The van der Waals surface area contributed by atoms with Crippen molar-refractivity contribution in [2.75, 3.05) is 5.32 Å². The van der Waals surface area contributed by atoms with E-state index in [0.717, 1.165) is 17.7 Å². The summed E-state index contributed by atoms with van der Waals surface area (Å²) in [5.41, 5.74) is 6.19. The molecule has 0 bridgehead atoms. The Labute approximate surface area is 143 Å². The normalized spacial score (nSPS) is 13.8. The highest BCUT2D eigenvalue weighted by Gasteiger charge is 2.09. The molecule has 0 atom stereocenters. The molecule has 2 aromatic rings. The molecule has 0 aliphatic heterocycles. The predicted octanol–water partition coefficient (Wildman–Crippen LogP) is 5.54. The van der Waals surface area contributed by atoms with Gasteiger partial charge in [0, 0.05) is 11.3 Å². The molecule has 24 heavy (non-hydrogen) atoms. The van der Waals surface area contributed by atoms with Crippen LogP contribution in [0.25, 0.3) is 5.57 Å². The van der Waals surface area contributed by atoms with Crippen LogP contribution < -0.4 is 5.32 Å². The highest BCUT2D eigenvalue weighted by molar-refractivity contribution is 6.04. The second kappa shape index (κ2) is 7.14. The molecule has 2 nitrogen and oxygen atoms in total. The Bertz CT molecular complexity index is 839. The molecule has 0 saturated heterocycles. The van der Waals surface area contributed by atoms with Crippen LogP contribution >= 0.6 is 0 Å². The first-order valence-electron chi connectivity index (χ1n) is 8.14. The van der Waals surface area contributed by atoms with Crippen molar-refractivity contribution < 1.29 is 4.79 Å². The van der Waals surface area contributed by atoms with E-state index in [9.17, 15) is 4.79 Å². The van der Waals surface area contributed by atoms with Crippen LogP contribution in [0.5, 0.6) is 0 Å². The molecule has 2 heteroatoms. The first-order chi connectivity index (χ1) is 11.6. The zero-order chi connectivity index (χ0) is 16.9. The van der Waals surface area contributed by atoms with Gasteiger partial charge < -0.3 is 5.32 Å². The molecule has 1 aliphatic carbocycles. The van der Waals surface area contributed by atoms with Crippen molar-refractivity contribution >= 4 is 17.2 Å². The summed E-state index contributed by atoms with van der Waals surface area (Å²) in [5.74, 6) is -0.0859. The summed E-state index contributed by atoms with van der Waals surface area (Å²) < 4.78 is 0. The maximum atomic E-state index is 12.5. The Hall–Kier alpha value is -2.87. The van der Waals surface area contributed by atoms with Gasteiger partial charge in [-0.25, -0.2) is 0 Å². The molecule has 0 aromatic heterocycles. The van der Waals surface area contributed by atoms with Crippen LogP contribution in [0.15, 0.2) is 78.4 Å². The second-order valence-corrected chi connectivity index (χ2v) is 6.11. The monoisotopic (exact) mass is 315 g/mol. The zero-order valence-corrected chi connectivity index (χ0v) is 14.0. The lowest BCUT2D eigenvalue weighted by Gasteiger charge is -2.09. The third-order valence-corrected chi connectivity index (χ3v) is 4.07. The number of carbonyl (C=O) groups excluding carboxylic acids is 1. The van der Waals surface area contributed by atoms with E-state index in [0.29, 0.717) is 5.56 Å². The van der Waals surface area contributed by atoms with Gasteiger partial charge in [0.1, 0.15) is 0 Å². The molecular weight excluding hydrogens is 294 g/mol. The standard InChI is InChI=1S/C22H21NO/c1-16-5-3-6-18(12-9-16)19-7-4-8-20(15-19)22(24)23-21-13-10-17(2)11-14-21/h3-5,7-15H,6H2,1-2H3,(H,23,24). The molecule has 0 heterocycles. The number of aryl methyl sites for hydroxylation is 1. The smallest absolute Gasteiger partial charge is 0.255 e. The Morgan fingerprint density at radius 2 is 1.79 bits per heavy atom. The summed E-state index contributed by atoms with van der Waals surface area (Å²) in [6.45, 7) is 4.11. The van der Waals surface area contributed by atoms with Crippen LogP contribution in [0.2, 0.25) is 0 Å². The van der Waals surface area contributed by atoms with Crippen LogP contribution in [0, 0.1) is 6.92 Å². The fourth-order valence-corrected chi connectivity index (χ4v) is 2.64. The Balaban J connectivity index is 1.81. The number of allylic oxidation sites excluding steroid dienone is 6. The molecule has 1 amide bonds. The van der Waals surface area contributed by atoms with Gasteiger partial charge in [-0.15, -0.1) is 0 Å². The van der Waals surface area contributed by atoms with E-state index >= 15 is 0 Å². The predicted molar refractivity (Wildman–Crippen MR) is 101 cm³/mol. The van der Waals surface area contributed by atoms with Gasteiger partial charge in [-0.1, -0.05) is 59.7 Å². The van der Waals surface area contributed by atoms with Gasteiger partial charge >= 0.3 is 0 Å². The molecule has 0 spiro atoms. The molecule has 0 fully saturated rings. The SMILES string of the molecule is CC1=CC=C(c2cccc(C(=O)Nc3ccc(C)cc3)c2)CC=C1. The zero-order valence-electron chi connectivity index (χ0n) is 14.0. The van der Waals surface area contributed by atoms with E-state index in [1.165, 1.54) is 16.7 Å². The molecule has 2 aromatic carbocycles. The maximum absolute atomic E-state index is 12.5. The van der Waals surface area contributed by atoms with E-state index in [-0.39, 0.29) is 5.91 Å². The van der Waals surface area contributed by atoms with Crippen molar-refractivity contribution in [3.8, 4) is 0 Å².